The minimum atomic E-state index is -0.381. The molecule has 8 nitrogen and oxygen atoms in total. The monoisotopic (exact) mass is 424 g/mol. The van der Waals surface area contributed by atoms with Crippen LogP contribution in [-0.4, -0.2) is 43.9 Å². The molecule has 1 fully saturated rings. The van der Waals surface area contributed by atoms with Crippen molar-refractivity contribution in [1.29, 1.82) is 0 Å². The highest BCUT2D eigenvalue weighted by Gasteiger charge is 2.35. The highest BCUT2D eigenvalue weighted by atomic mass is 16.3. The van der Waals surface area contributed by atoms with Crippen molar-refractivity contribution >= 4 is 33.8 Å². The van der Waals surface area contributed by atoms with Crippen molar-refractivity contribution in [1.82, 2.24) is 25.2 Å². The van der Waals surface area contributed by atoms with Gasteiger partial charge in [0.25, 0.3) is 0 Å². The van der Waals surface area contributed by atoms with Crippen LogP contribution in [0.2, 0.25) is 0 Å². The summed E-state index contributed by atoms with van der Waals surface area (Å²) in [5.41, 5.74) is 8.28. The molecule has 0 unspecified atom stereocenters. The summed E-state index contributed by atoms with van der Waals surface area (Å²) >= 11 is 0. The Morgan fingerprint density at radius 2 is 1.97 bits per heavy atom. The first-order valence-corrected chi connectivity index (χ1v) is 11.2. The molecule has 0 saturated heterocycles. The maximum Gasteiger partial charge on any atom is 0.315 e. The van der Waals surface area contributed by atoms with Crippen LogP contribution in [0.25, 0.3) is 21.9 Å². The topological polar surface area (TPSA) is 118 Å². The zero-order chi connectivity index (χ0) is 22.0. The van der Waals surface area contributed by atoms with Crippen LogP contribution in [0.1, 0.15) is 51.8 Å². The number of nitrogens with zero attached hydrogens (tertiary/aromatic N) is 3. The fourth-order valence-electron chi connectivity index (χ4n) is 4.76. The van der Waals surface area contributed by atoms with Crippen molar-refractivity contribution in [2.75, 3.05) is 12.3 Å². The van der Waals surface area contributed by atoms with Gasteiger partial charge in [0.1, 0.15) is 11.3 Å². The van der Waals surface area contributed by atoms with E-state index < -0.39 is 0 Å². The van der Waals surface area contributed by atoms with Crippen molar-refractivity contribution in [2.45, 2.75) is 70.5 Å². The van der Waals surface area contributed by atoms with Gasteiger partial charge in [0.15, 0.2) is 5.82 Å². The van der Waals surface area contributed by atoms with E-state index >= 15 is 0 Å². The number of carbonyl (C=O) groups excluding carboxylic acids is 1. The number of urea groups is 1. The Morgan fingerprint density at radius 1 is 1.23 bits per heavy atom. The highest BCUT2D eigenvalue weighted by molar-refractivity contribution is 6.06. The number of rotatable bonds is 6. The van der Waals surface area contributed by atoms with E-state index in [0.29, 0.717) is 24.3 Å². The molecule has 2 heterocycles. The molecule has 0 atom stereocenters. The number of hydrogen-bond donors (Lipinski definition) is 4. The van der Waals surface area contributed by atoms with Crippen LogP contribution in [0.3, 0.4) is 0 Å². The molecule has 0 radical (unpaired) electrons. The average Bonchev–Trinajstić information content (AvgIpc) is 3.07. The van der Waals surface area contributed by atoms with Gasteiger partial charge in [0, 0.05) is 24.4 Å². The summed E-state index contributed by atoms with van der Waals surface area (Å²) in [6.07, 6.45) is 5.51. The van der Waals surface area contributed by atoms with Gasteiger partial charge in [0.05, 0.1) is 23.2 Å². The summed E-state index contributed by atoms with van der Waals surface area (Å²) in [6.45, 7) is 4.48. The van der Waals surface area contributed by atoms with Gasteiger partial charge in [-0.05, 0) is 32.8 Å². The lowest BCUT2D eigenvalue weighted by Gasteiger charge is -2.39. The summed E-state index contributed by atoms with van der Waals surface area (Å²) in [7, 11) is 0. The number of nitrogens with two attached hydrogens (primary N) is 1. The largest absolute Gasteiger partial charge is 0.396 e. The molecule has 8 heteroatoms. The molecule has 31 heavy (non-hydrogen) atoms. The van der Waals surface area contributed by atoms with E-state index in [-0.39, 0.29) is 24.2 Å². The number of pyridine rings is 1. The Kier molecular flexibility index (Phi) is 6.00. The van der Waals surface area contributed by atoms with Crippen LogP contribution in [-0.2, 0) is 13.0 Å². The number of aliphatic hydroxyl groups is 1. The number of benzene rings is 1. The number of aliphatic hydroxyl groups excluding tert-OH is 1. The van der Waals surface area contributed by atoms with Crippen LogP contribution in [0.5, 0.6) is 0 Å². The van der Waals surface area contributed by atoms with E-state index in [0.717, 1.165) is 47.9 Å². The molecule has 0 aliphatic heterocycles. The minimum absolute atomic E-state index is 0.0111. The molecule has 0 spiro atoms. The van der Waals surface area contributed by atoms with Crippen molar-refractivity contribution in [3.63, 3.8) is 0 Å². The standard InChI is InChI=1S/C23H32N6O2/c1-15(2)25-22(31)28-23(11-6-3-7-12-23)14-29-18(10-13-30)27-19-20(29)16-8-4-5-9-17(16)26-21(19)24/h4-5,8-9,15,30H,3,6-7,10-14H2,1-2H3,(H2,24,26)(H2,25,28,31). The van der Waals surface area contributed by atoms with E-state index in [2.05, 4.69) is 20.2 Å². The molecular weight excluding hydrogens is 392 g/mol. The SMILES string of the molecule is CC(C)NC(=O)NC1(Cn2c(CCO)nc3c(N)nc4ccccc4c32)CCCCC1. The smallest absolute Gasteiger partial charge is 0.315 e. The molecule has 166 valence electrons. The first-order valence-electron chi connectivity index (χ1n) is 11.2. The lowest BCUT2D eigenvalue weighted by molar-refractivity contribution is 0.185. The van der Waals surface area contributed by atoms with Gasteiger partial charge in [-0.2, -0.15) is 0 Å². The zero-order valence-corrected chi connectivity index (χ0v) is 18.3. The predicted molar refractivity (Wildman–Crippen MR) is 123 cm³/mol. The Bertz CT molecular complexity index is 1080. The Morgan fingerprint density at radius 3 is 2.68 bits per heavy atom. The van der Waals surface area contributed by atoms with Gasteiger partial charge in [-0.25, -0.2) is 14.8 Å². The Balaban J connectivity index is 1.84. The summed E-state index contributed by atoms with van der Waals surface area (Å²) in [4.78, 5) is 22.0. The van der Waals surface area contributed by atoms with E-state index in [1.165, 1.54) is 6.42 Å². The van der Waals surface area contributed by atoms with E-state index in [4.69, 9.17) is 10.7 Å². The Hall–Kier alpha value is -2.87. The van der Waals surface area contributed by atoms with Gasteiger partial charge in [-0.3, -0.25) is 0 Å². The molecule has 2 aromatic heterocycles. The van der Waals surface area contributed by atoms with Gasteiger partial charge < -0.3 is 26.0 Å². The fraction of sp³-hybridized carbons (Fsp3) is 0.522. The van der Waals surface area contributed by atoms with E-state index in [1.807, 2.05) is 38.1 Å². The minimum Gasteiger partial charge on any atom is -0.396 e. The van der Waals surface area contributed by atoms with E-state index in [9.17, 15) is 9.90 Å². The third-order valence-electron chi connectivity index (χ3n) is 6.09. The normalized spacial score (nSPS) is 16.1. The highest BCUT2D eigenvalue weighted by Crippen LogP contribution is 2.34. The van der Waals surface area contributed by atoms with Crippen molar-refractivity contribution in [3.05, 3.63) is 30.1 Å². The number of aromatic nitrogens is 3. The molecule has 1 saturated carbocycles. The number of para-hydroxylation sites is 1. The van der Waals surface area contributed by atoms with Gasteiger partial charge in [0.2, 0.25) is 0 Å². The average molecular weight is 425 g/mol. The predicted octanol–water partition coefficient (Wildman–Crippen LogP) is 3.11. The lowest BCUT2D eigenvalue weighted by Crippen LogP contribution is -2.56. The van der Waals surface area contributed by atoms with Gasteiger partial charge in [-0.15, -0.1) is 0 Å². The second kappa shape index (κ2) is 8.70. The van der Waals surface area contributed by atoms with Crippen LogP contribution >= 0.6 is 0 Å². The van der Waals surface area contributed by atoms with Crippen molar-refractivity contribution < 1.29 is 9.90 Å². The molecule has 3 aromatic rings. The maximum atomic E-state index is 12.7. The van der Waals surface area contributed by atoms with Crippen LogP contribution in [0.15, 0.2) is 24.3 Å². The first kappa shape index (κ1) is 21.4. The summed E-state index contributed by atoms with van der Waals surface area (Å²) < 4.78 is 2.15. The number of imidazole rings is 1. The lowest BCUT2D eigenvalue weighted by atomic mass is 9.81. The molecule has 0 bridgehead atoms. The van der Waals surface area contributed by atoms with Gasteiger partial charge >= 0.3 is 6.03 Å². The number of nitrogen functional groups attached to an aromatic ring is 1. The molecule has 2 amide bonds. The van der Waals surface area contributed by atoms with Crippen LogP contribution < -0.4 is 16.4 Å². The Labute approximate surface area is 182 Å². The summed E-state index contributed by atoms with van der Waals surface area (Å²) in [6, 6.07) is 7.81. The number of fused-ring (bicyclic) bond motifs is 3. The summed E-state index contributed by atoms with van der Waals surface area (Å²) in [5.74, 6) is 1.15. The molecule has 1 aliphatic carbocycles. The second-order valence-corrected chi connectivity index (χ2v) is 8.89. The fourth-order valence-corrected chi connectivity index (χ4v) is 4.76. The molecule has 4 rings (SSSR count). The third kappa shape index (κ3) is 4.30. The van der Waals surface area contributed by atoms with Crippen molar-refractivity contribution in [2.24, 2.45) is 0 Å². The van der Waals surface area contributed by atoms with E-state index in [1.54, 1.807) is 0 Å². The number of hydrogen-bond acceptors (Lipinski definition) is 5. The van der Waals surface area contributed by atoms with Crippen LogP contribution in [0, 0.1) is 0 Å². The first-order chi connectivity index (χ1) is 14.9. The molecule has 1 aliphatic rings. The molecule has 1 aromatic carbocycles. The molecule has 5 N–H and O–H groups in total. The number of anilines is 1. The van der Waals surface area contributed by atoms with Crippen LogP contribution in [0.4, 0.5) is 10.6 Å². The number of amides is 2. The number of nitrogens with one attached hydrogen (secondary N) is 2. The van der Waals surface area contributed by atoms with Crippen molar-refractivity contribution in [3.8, 4) is 0 Å². The third-order valence-corrected chi connectivity index (χ3v) is 6.09. The second-order valence-electron chi connectivity index (χ2n) is 8.89. The quantitative estimate of drug-likeness (QED) is 0.485. The maximum absolute atomic E-state index is 12.7. The number of carbonyl (C=O) groups is 1. The molecular formula is C23H32N6O2. The summed E-state index contributed by atoms with van der Waals surface area (Å²) in [5, 5.41) is 16.9. The van der Waals surface area contributed by atoms with Gasteiger partial charge in [-0.1, -0.05) is 37.5 Å². The zero-order valence-electron chi connectivity index (χ0n) is 18.3.